The molecule has 3 rings (SSSR count). The SMILES string of the molecule is CSc1nc2ccccc2c(NC2CCCCCC2)c1C#N. The molecule has 0 atom stereocenters. The lowest BCUT2D eigenvalue weighted by Gasteiger charge is -2.21. The van der Waals surface area contributed by atoms with Crippen LogP contribution in [0.3, 0.4) is 0 Å². The van der Waals surface area contributed by atoms with Gasteiger partial charge in [0, 0.05) is 11.4 Å². The van der Waals surface area contributed by atoms with Gasteiger partial charge in [-0.25, -0.2) is 4.98 Å². The van der Waals surface area contributed by atoms with Crippen LogP contribution in [0.4, 0.5) is 5.69 Å². The number of hydrogen-bond donors (Lipinski definition) is 1. The fraction of sp³-hybridized carbons (Fsp3) is 0.444. The molecule has 1 aliphatic rings. The van der Waals surface area contributed by atoms with Crippen molar-refractivity contribution in [3.63, 3.8) is 0 Å². The van der Waals surface area contributed by atoms with Crippen LogP contribution in [0.5, 0.6) is 0 Å². The Kier molecular flexibility index (Phi) is 4.84. The lowest BCUT2D eigenvalue weighted by molar-refractivity contribution is 0.620. The first-order chi connectivity index (χ1) is 10.8. The van der Waals surface area contributed by atoms with Gasteiger partial charge in [0.1, 0.15) is 16.7 Å². The summed E-state index contributed by atoms with van der Waals surface area (Å²) in [4.78, 5) is 4.64. The summed E-state index contributed by atoms with van der Waals surface area (Å²) in [6.45, 7) is 0. The van der Waals surface area contributed by atoms with Crippen LogP contribution in [-0.2, 0) is 0 Å². The molecule has 1 aromatic heterocycles. The van der Waals surface area contributed by atoms with Crippen LogP contribution in [0.1, 0.15) is 44.1 Å². The number of aromatic nitrogens is 1. The zero-order chi connectivity index (χ0) is 15.4. The average molecular weight is 311 g/mol. The molecule has 1 aromatic carbocycles. The fourth-order valence-electron chi connectivity index (χ4n) is 3.22. The molecule has 0 unspecified atom stereocenters. The predicted molar refractivity (Wildman–Crippen MR) is 93.4 cm³/mol. The number of hydrogen-bond acceptors (Lipinski definition) is 4. The highest BCUT2D eigenvalue weighted by molar-refractivity contribution is 7.98. The molecule has 0 saturated heterocycles. The summed E-state index contributed by atoms with van der Waals surface area (Å²) >= 11 is 1.54. The van der Waals surface area contributed by atoms with Crippen molar-refractivity contribution in [2.45, 2.75) is 49.6 Å². The van der Waals surface area contributed by atoms with Gasteiger partial charge in [-0.1, -0.05) is 43.9 Å². The molecule has 0 spiro atoms. The highest BCUT2D eigenvalue weighted by Crippen LogP contribution is 2.34. The second-order valence-electron chi connectivity index (χ2n) is 5.83. The van der Waals surface area contributed by atoms with E-state index in [1.807, 2.05) is 24.5 Å². The maximum Gasteiger partial charge on any atom is 0.116 e. The van der Waals surface area contributed by atoms with E-state index in [4.69, 9.17) is 0 Å². The van der Waals surface area contributed by atoms with Gasteiger partial charge >= 0.3 is 0 Å². The van der Waals surface area contributed by atoms with E-state index in [1.54, 1.807) is 11.8 Å². The molecule has 2 aromatic rings. The Labute approximate surface area is 136 Å². The number of nitriles is 1. The van der Waals surface area contributed by atoms with Crippen molar-refractivity contribution in [3.8, 4) is 6.07 Å². The molecule has 3 nitrogen and oxygen atoms in total. The Morgan fingerprint density at radius 3 is 2.59 bits per heavy atom. The standard InChI is InChI=1S/C18H21N3S/c1-22-18-15(12-19)17(14-10-6-7-11-16(14)21-18)20-13-8-4-2-3-5-9-13/h6-7,10-11,13H,2-5,8-9H2,1H3,(H,20,21). The van der Waals surface area contributed by atoms with Crippen molar-refractivity contribution in [2.24, 2.45) is 0 Å². The molecule has 0 amide bonds. The van der Waals surface area contributed by atoms with E-state index in [1.165, 1.54) is 38.5 Å². The van der Waals surface area contributed by atoms with E-state index in [0.29, 0.717) is 11.6 Å². The third-order valence-corrected chi connectivity index (χ3v) is 5.05. The minimum atomic E-state index is 0.468. The molecular formula is C18H21N3S. The van der Waals surface area contributed by atoms with Crippen LogP contribution >= 0.6 is 11.8 Å². The maximum atomic E-state index is 9.63. The number of benzene rings is 1. The van der Waals surface area contributed by atoms with Crippen molar-refractivity contribution in [1.29, 1.82) is 5.26 Å². The third kappa shape index (κ3) is 3.05. The Balaban J connectivity index is 2.07. The number of nitrogens with one attached hydrogen (secondary N) is 1. The number of nitrogens with zero attached hydrogens (tertiary/aromatic N) is 2. The van der Waals surface area contributed by atoms with Gasteiger partial charge in [-0.3, -0.25) is 0 Å². The fourth-order valence-corrected chi connectivity index (χ4v) is 3.76. The topological polar surface area (TPSA) is 48.7 Å². The summed E-state index contributed by atoms with van der Waals surface area (Å²) in [6.07, 6.45) is 9.57. The zero-order valence-corrected chi connectivity index (χ0v) is 13.7. The molecule has 4 heteroatoms. The molecule has 1 fully saturated rings. The number of para-hydroxylation sites is 1. The Hall–Kier alpha value is -1.73. The lowest BCUT2D eigenvalue weighted by atomic mass is 10.1. The molecule has 1 heterocycles. The lowest BCUT2D eigenvalue weighted by Crippen LogP contribution is -2.19. The molecule has 1 saturated carbocycles. The number of pyridine rings is 1. The second kappa shape index (κ2) is 7.02. The van der Waals surface area contributed by atoms with Crippen LogP contribution in [0.2, 0.25) is 0 Å². The summed E-state index contributed by atoms with van der Waals surface area (Å²) in [6, 6.07) is 10.9. The molecule has 1 N–H and O–H groups in total. The number of fused-ring (bicyclic) bond motifs is 1. The van der Waals surface area contributed by atoms with Crippen LogP contribution < -0.4 is 5.32 Å². The van der Waals surface area contributed by atoms with E-state index in [2.05, 4.69) is 22.4 Å². The van der Waals surface area contributed by atoms with Crippen molar-refractivity contribution >= 4 is 28.4 Å². The average Bonchev–Trinajstić information content (AvgIpc) is 2.83. The highest BCUT2D eigenvalue weighted by Gasteiger charge is 2.18. The maximum absolute atomic E-state index is 9.63. The van der Waals surface area contributed by atoms with Gasteiger partial charge in [0.15, 0.2) is 0 Å². The predicted octanol–water partition coefficient (Wildman–Crippen LogP) is 4.96. The van der Waals surface area contributed by atoms with Crippen LogP contribution in [0.25, 0.3) is 10.9 Å². The largest absolute Gasteiger partial charge is 0.381 e. The second-order valence-corrected chi connectivity index (χ2v) is 6.63. The van der Waals surface area contributed by atoms with Gasteiger partial charge in [0.2, 0.25) is 0 Å². The minimum absolute atomic E-state index is 0.468. The first-order valence-corrected chi connectivity index (χ1v) is 9.19. The van der Waals surface area contributed by atoms with Gasteiger partial charge < -0.3 is 5.32 Å². The zero-order valence-electron chi connectivity index (χ0n) is 12.9. The minimum Gasteiger partial charge on any atom is -0.381 e. The van der Waals surface area contributed by atoms with Crippen molar-refractivity contribution in [2.75, 3.05) is 11.6 Å². The summed E-state index contributed by atoms with van der Waals surface area (Å²) in [5.74, 6) is 0. The summed E-state index contributed by atoms with van der Waals surface area (Å²) in [5, 5.41) is 15.2. The van der Waals surface area contributed by atoms with Crippen LogP contribution in [0, 0.1) is 11.3 Å². The summed E-state index contributed by atoms with van der Waals surface area (Å²) in [5.41, 5.74) is 2.63. The van der Waals surface area contributed by atoms with Crippen molar-refractivity contribution in [1.82, 2.24) is 4.98 Å². The first-order valence-electron chi connectivity index (χ1n) is 7.97. The number of thioether (sulfide) groups is 1. The summed E-state index contributed by atoms with van der Waals surface area (Å²) in [7, 11) is 0. The van der Waals surface area contributed by atoms with Crippen molar-refractivity contribution in [3.05, 3.63) is 29.8 Å². The van der Waals surface area contributed by atoms with Gasteiger partial charge in [0.25, 0.3) is 0 Å². The van der Waals surface area contributed by atoms with E-state index < -0.39 is 0 Å². The smallest absolute Gasteiger partial charge is 0.116 e. The molecule has 0 aliphatic heterocycles. The molecular weight excluding hydrogens is 290 g/mol. The molecule has 0 bridgehead atoms. The van der Waals surface area contributed by atoms with E-state index >= 15 is 0 Å². The quantitative estimate of drug-likeness (QED) is 0.642. The third-order valence-electron chi connectivity index (χ3n) is 4.37. The number of anilines is 1. The van der Waals surface area contributed by atoms with E-state index in [9.17, 15) is 5.26 Å². The van der Waals surface area contributed by atoms with E-state index in [0.717, 1.165) is 21.6 Å². The molecule has 22 heavy (non-hydrogen) atoms. The molecule has 114 valence electrons. The Morgan fingerprint density at radius 1 is 1.18 bits per heavy atom. The highest BCUT2D eigenvalue weighted by atomic mass is 32.2. The molecule has 1 aliphatic carbocycles. The number of rotatable bonds is 3. The summed E-state index contributed by atoms with van der Waals surface area (Å²) < 4.78 is 0. The Morgan fingerprint density at radius 2 is 1.91 bits per heavy atom. The first kappa shape index (κ1) is 15.2. The molecule has 0 radical (unpaired) electrons. The van der Waals surface area contributed by atoms with Crippen molar-refractivity contribution < 1.29 is 0 Å². The normalized spacial score (nSPS) is 16.2. The van der Waals surface area contributed by atoms with Crippen LogP contribution in [-0.4, -0.2) is 17.3 Å². The van der Waals surface area contributed by atoms with E-state index in [-0.39, 0.29) is 0 Å². The van der Waals surface area contributed by atoms with Gasteiger partial charge in [0.05, 0.1) is 11.2 Å². The Bertz CT molecular complexity index is 697. The van der Waals surface area contributed by atoms with Gasteiger partial charge in [-0.15, -0.1) is 11.8 Å². The van der Waals surface area contributed by atoms with Gasteiger partial charge in [-0.2, -0.15) is 5.26 Å². The van der Waals surface area contributed by atoms with Crippen LogP contribution in [0.15, 0.2) is 29.3 Å². The monoisotopic (exact) mass is 311 g/mol. The van der Waals surface area contributed by atoms with Gasteiger partial charge in [-0.05, 0) is 25.2 Å².